The van der Waals surface area contributed by atoms with E-state index in [1.807, 2.05) is 4.90 Å². The molecule has 0 fully saturated rings. The first kappa shape index (κ1) is 20.3. The van der Waals surface area contributed by atoms with Gasteiger partial charge in [0.25, 0.3) is 0 Å². The number of amides is 1. The van der Waals surface area contributed by atoms with E-state index in [1.165, 1.54) is 32.1 Å². The molecule has 0 saturated carbocycles. The number of nitrogens with two attached hydrogens (primary N) is 1. The Hall–Kier alpha value is -0.680. The highest BCUT2D eigenvalue weighted by molar-refractivity contribution is 7.80. The summed E-state index contributed by atoms with van der Waals surface area (Å²) in [5.74, 6) is 0.192. The minimum absolute atomic E-state index is 0.192. The highest BCUT2D eigenvalue weighted by Crippen LogP contribution is 2.09. The van der Waals surface area contributed by atoms with E-state index in [2.05, 4.69) is 6.92 Å². The molecule has 4 nitrogen and oxygen atoms in total. The molecule has 0 spiro atoms. The van der Waals surface area contributed by atoms with Crippen LogP contribution in [0.1, 0.15) is 64.7 Å². The number of unbranched alkanes of at least 4 members (excludes halogenated alkanes) is 6. The second-order valence-electron chi connectivity index (χ2n) is 5.46. The Labute approximate surface area is 135 Å². The zero-order valence-corrected chi connectivity index (χ0v) is 14.6. The third kappa shape index (κ3) is 12.8. The van der Waals surface area contributed by atoms with Crippen molar-refractivity contribution in [3.05, 3.63) is 0 Å². The van der Waals surface area contributed by atoms with Crippen molar-refractivity contribution in [1.82, 2.24) is 4.90 Å². The Morgan fingerprint density at radius 1 is 1.05 bits per heavy atom. The van der Waals surface area contributed by atoms with Crippen LogP contribution in [0.2, 0.25) is 0 Å². The van der Waals surface area contributed by atoms with E-state index in [9.17, 15) is 4.79 Å². The Balaban J connectivity index is 3.84. The number of carbonyl (C=O) groups excluding carboxylic acids is 1. The number of nitrogens with zero attached hydrogens (tertiary/aromatic N) is 1. The summed E-state index contributed by atoms with van der Waals surface area (Å²) < 4.78 is 5.05. The summed E-state index contributed by atoms with van der Waals surface area (Å²) in [5.41, 5.74) is 5.51. The van der Waals surface area contributed by atoms with Crippen molar-refractivity contribution >= 4 is 23.1 Å². The van der Waals surface area contributed by atoms with Gasteiger partial charge in [0.15, 0.2) is 0 Å². The molecular weight excluding hydrogens is 284 g/mol. The lowest BCUT2D eigenvalue weighted by Crippen LogP contribution is -2.36. The largest absolute Gasteiger partial charge is 0.393 e. The Morgan fingerprint density at radius 3 is 2.24 bits per heavy atom. The minimum atomic E-state index is 0.192. The molecule has 0 atom stereocenters. The molecule has 0 rings (SSSR count). The first-order chi connectivity index (χ1) is 10.1. The van der Waals surface area contributed by atoms with Gasteiger partial charge in [0.1, 0.15) is 0 Å². The van der Waals surface area contributed by atoms with Crippen LogP contribution in [-0.4, -0.2) is 42.6 Å². The van der Waals surface area contributed by atoms with Crippen LogP contribution in [0.5, 0.6) is 0 Å². The van der Waals surface area contributed by atoms with E-state index in [1.54, 1.807) is 7.11 Å². The summed E-state index contributed by atoms with van der Waals surface area (Å²) >= 11 is 4.88. The van der Waals surface area contributed by atoms with Crippen molar-refractivity contribution in [3.8, 4) is 0 Å². The molecule has 0 aromatic rings. The predicted octanol–water partition coefficient (Wildman–Crippen LogP) is 3.28. The number of methoxy groups -OCH3 is 1. The van der Waals surface area contributed by atoms with Gasteiger partial charge in [-0.25, -0.2) is 0 Å². The van der Waals surface area contributed by atoms with Gasteiger partial charge in [-0.2, -0.15) is 0 Å². The van der Waals surface area contributed by atoms with Gasteiger partial charge in [-0.1, -0.05) is 57.7 Å². The average molecular weight is 317 g/mol. The molecule has 0 aliphatic carbocycles. The van der Waals surface area contributed by atoms with Crippen molar-refractivity contribution in [2.75, 3.05) is 26.8 Å². The van der Waals surface area contributed by atoms with E-state index in [0.29, 0.717) is 37.5 Å². The van der Waals surface area contributed by atoms with Gasteiger partial charge in [-0.05, 0) is 6.42 Å². The maximum Gasteiger partial charge on any atom is 0.222 e. The van der Waals surface area contributed by atoms with E-state index in [0.717, 1.165) is 12.8 Å². The van der Waals surface area contributed by atoms with Gasteiger partial charge >= 0.3 is 0 Å². The molecular formula is C16H32N2O2S. The van der Waals surface area contributed by atoms with Crippen LogP contribution in [0, 0.1) is 0 Å². The quantitative estimate of drug-likeness (QED) is 0.395. The molecule has 5 heteroatoms. The number of thiocarbonyl (C=S) groups is 1. The zero-order valence-electron chi connectivity index (χ0n) is 13.7. The number of hydrogen-bond acceptors (Lipinski definition) is 3. The molecule has 0 radical (unpaired) electrons. The molecule has 0 bridgehead atoms. The minimum Gasteiger partial charge on any atom is -0.393 e. The highest BCUT2D eigenvalue weighted by atomic mass is 32.1. The van der Waals surface area contributed by atoms with Crippen molar-refractivity contribution in [3.63, 3.8) is 0 Å². The van der Waals surface area contributed by atoms with Crippen LogP contribution >= 0.6 is 12.2 Å². The maximum absolute atomic E-state index is 12.2. The molecule has 124 valence electrons. The normalized spacial score (nSPS) is 10.6. The third-order valence-corrected chi connectivity index (χ3v) is 3.74. The fraction of sp³-hybridized carbons (Fsp3) is 0.875. The van der Waals surface area contributed by atoms with Crippen LogP contribution in [0.25, 0.3) is 0 Å². The summed E-state index contributed by atoms with van der Waals surface area (Å²) in [4.78, 5) is 14.5. The third-order valence-electron chi connectivity index (χ3n) is 3.54. The second kappa shape index (κ2) is 14.3. The zero-order chi connectivity index (χ0) is 15.9. The average Bonchev–Trinajstić information content (AvgIpc) is 2.46. The molecule has 0 unspecified atom stereocenters. The molecule has 0 heterocycles. The number of rotatable bonds is 14. The fourth-order valence-electron chi connectivity index (χ4n) is 2.20. The van der Waals surface area contributed by atoms with Crippen LogP contribution < -0.4 is 5.73 Å². The van der Waals surface area contributed by atoms with Crippen molar-refractivity contribution in [2.24, 2.45) is 5.73 Å². The van der Waals surface area contributed by atoms with Gasteiger partial charge in [-0.15, -0.1) is 0 Å². The topological polar surface area (TPSA) is 55.6 Å². The lowest BCUT2D eigenvalue weighted by molar-refractivity contribution is -0.131. The summed E-state index contributed by atoms with van der Waals surface area (Å²) in [7, 11) is 1.65. The molecule has 0 aromatic carbocycles. The van der Waals surface area contributed by atoms with Crippen molar-refractivity contribution in [1.29, 1.82) is 0 Å². The van der Waals surface area contributed by atoms with Crippen molar-refractivity contribution in [2.45, 2.75) is 64.7 Å². The second-order valence-corrected chi connectivity index (χ2v) is 5.99. The molecule has 0 saturated heterocycles. The van der Waals surface area contributed by atoms with Gasteiger partial charge in [-0.3, -0.25) is 4.79 Å². The highest BCUT2D eigenvalue weighted by Gasteiger charge is 2.12. The SMILES string of the molecule is CCCCCCCCCC(=O)N(CCOC)CCC(N)=S. The van der Waals surface area contributed by atoms with E-state index >= 15 is 0 Å². The number of carbonyl (C=O) groups is 1. The maximum atomic E-state index is 12.2. The van der Waals surface area contributed by atoms with Gasteiger partial charge in [0, 0.05) is 33.0 Å². The Bertz CT molecular complexity index is 285. The van der Waals surface area contributed by atoms with Crippen LogP contribution in [0.4, 0.5) is 0 Å². The summed E-state index contributed by atoms with van der Waals surface area (Å²) in [6, 6.07) is 0. The predicted molar refractivity (Wildman–Crippen MR) is 92.5 cm³/mol. The summed E-state index contributed by atoms with van der Waals surface area (Å²) in [5, 5.41) is 0. The Kier molecular flexibility index (Phi) is 13.8. The van der Waals surface area contributed by atoms with Crippen molar-refractivity contribution < 1.29 is 9.53 Å². The standard InChI is InChI=1S/C16H32N2O2S/c1-3-4-5-6-7-8-9-10-16(19)18(13-14-20-2)12-11-15(17)21/h3-14H2,1-2H3,(H2,17,21). The van der Waals surface area contributed by atoms with E-state index in [-0.39, 0.29) is 5.91 Å². The lowest BCUT2D eigenvalue weighted by Gasteiger charge is -2.22. The van der Waals surface area contributed by atoms with Crippen LogP contribution in [-0.2, 0) is 9.53 Å². The van der Waals surface area contributed by atoms with Gasteiger partial charge < -0.3 is 15.4 Å². The smallest absolute Gasteiger partial charge is 0.222 e. The molecule has 0 aromatic heterocycles. The molecule has 0 aliphatic rings. The summed E-state index contributed by atoms with van der Waals surface area (Å²) in [6.07, 6.45) is 9.76. The Morgan fingerprint density at radius 2 is 1.67 bits per heavy atom. The van der Waals surface area contributed by atoms with Crippen LogP contribution in [0.3, 0.4) is 0 Å². The fourth-order valence-corrected chi connectivity index (χ4v) is 2.29. The summed E-state index contributed by atoms with van der Waals surface area (Å²) in [6.45, 7) is 4.00. The lowest BCUT2D eigenvalue weighted by atomic mass is 10.1. The molecule has 0 aliphatic heterocycles. The number of ether oxygens (including phenoxy) is 1. The molecule has 1 amide bonds. The van der Waals surface area contributed by atoms with Gasteiger partial charge in [0.2, 0.25) is 5.91 Å². The molecule has 2 N–H and O–H groups in total. The monoisotopic (exact) mass is 316 g/mol. The van der Waals surface area contributed by atoms with E-state index in [4.69, 9.17) is 22.7 Å². The first-order valence-electron chi connectivity index (χ1n) is 8.16. The molecule has 21 heavy (non-hydrogen) atoms. The van der Waals surface area contributed by atoms with E-state index < -0.39 is 0 Å². The first-order valence-corrected chi connectivity index (χ1v) is 8.57. The number of hydrogen-bond donors (Lipinski definition) is 1. The van der Waals surface area contributed by atoms with Gasteiger partial charge in [0.05, 0.1) is 11.6 Å². The van der Waals surface area contributed by atoms with Crippen LogP contribution in [0.15, 0.2) is 0 Å².